The summed E-state index contributed by atoms with van der Waals surface area (Å²) in [6.45, 7) is 0. The minimum Gasteiger partial charge on any atom is -0.508 e. The van der Waals surface area contributed by atoms with Gasteiger partial charge in [-0.05, 0) is 55.4 Å². The zero-order valence-electron chi connectivity index (χ0n) is 20.3. The van der Waals surface area contributed by atoms with Crippen molar-refractivity contribution in [3.05, 3.63) is 70.2 Å². The molecule has 2 aromatic carbocycles. The number of phenols is 1. The highest BCUT2D eigenvalue weighted by molar-refractivity contribution is 6.24. The fourth-order valence-corrected chi connectivity index (χ4v) is 6.16. The fraction of sp³-hybridized carbons (Fsp3) is 0.296. The third kappa shape index (κ3) is 3.25. The molecule has 0 bridgehead atoms. The maximum atomic E-state index is 13.9. The lowest BCUT2D eigenvalue weighted by Crippen LogP contribution is -2.70. The Labute approximate surface area is 215 Å². The zero-order valence-corrected chi connectivity index (χ0v) is 20.3. The summed E-state index contributed by atoms with van der Waals surface area (Å²) in [6.07, 6.45) is -1.80. The van der Waals surface area contributed by atoms with Gasteiger partial charge in [0.05, 0.1) is 23.6 Å². The summed E-state index contributed by atoms with van der Waals surface area (Å²) in [6, 6.07) is 6.86. The van der Waals surface area contributed by atoms with E-state index in [1.807, 2.05) is 0 Å². The Morgan fingerprint density at radius 3 is 2.29 bits per heavy atom. The molecule has 1 amide bonds. The molecular formula is C27H25FN2O8. The molecule has 3 aliphatic rings. The number of hydrogen-bond acceptors (Lipinski definition) is 9. The largest absolute Gasteiger partial charge is 0.508 e. The van der Waals surface area contributed by atoms with Crippen molar-refractivity contribution in [2.24, 2.45) is 17.6 Å². The highest BCUT2D eigenvalue weighted by atomic mass is 19.1. The summed E-state index contributed by atoms with van der Waals surface area (Å²) in [7, 11) is 2.87. The number of benzene rings is 2. The summed E-state index contributed by atoms with van der Waals surface area (Å²) in [5.41, 5.74) is 2.13. The van der Waals surface area contributed by atoms with Crippen LogP contribution in [0.3, 0.4) is 0 Å². The van der Waals surface area contributed by atoms with Crippen molar-refractivity contribution >= 4 is 23.2 Å². The van der Waals surface area contributed by atoms with Crippen LogP contribution >= 0.6 is 0 Å². The summed E-state index contributed by atoms with van der Waals surface area (Å²) in [5.74, 6) is -9.27. The van der Waals surface area contributed by atoms with E-state index in [1.54, 1.807) is 6.07 Å². The predicted molar refractivity (Wildman–Crippen MR) is 131 cm³/mol. The molecule has 7 N–H and O–H groups in total. The van der Waals surface area contributed by atoms with Gasteiger partial charge >= 0.3 is 0 Å². The molecule has 2 aromatic rings. The molecule has 0 radical (unpaired) electrons. The number of carbonyl (C=O) groups is 3. The lowest BCUT2D eigenvalue weighted by atomic mass is 9.56. The van der Waals surface area contributed by atoms with Gasteiger partial charge in [0.25, 0.3) is 5.91 Å². The molecule has 0 spiro atoms. The topological polar surface area (TPSA) is 182 Å². The molecule has 0 saturated heterocycles. The second-order valence-electron chi connectivity index (χ2n) is 10.0. The third-order valence-electron chi connectivity index (χ3n) is 7.84. The maximum Gasteiger partial charge on any atom is 0.255 e. The van der Waals surface area contributed by atoms with Gasteiger partial charge in [-0.15, -0.1) is 0 Å². The first-order chi connectivity index (χ1) is 17.8. The van der Waals surface area contributed by atoms with Crippen molar-refractivity contribution in [1.82, 2.24) is 4.90 Å². The van der Waals surface area contributed by atoms with Crippen molar-refractivity contribution in [3.8, 4) is 16.9 Å². The van der Waals surface area contributed by atoms with E-state index < -0.39 is 81.3 Å². The van der Waals surface area contributed by atoms with Crippen molar-refractivity contribution in [2.45, 2.75) is 24.2 Å². The number of ketones is 2. The number of halogens is 1. The van der Waals surface area contributed by atoms with Crippen molar-refractivity contribution in [3.63, 3.8) is 0 Å². The number of primary amides is 1. The Kier molecular flexibility index (Phi) is 5.71. The molecule has 0 unspecified atom stereocenters. The van der Waals surface area contributed by atoms with E-state index in [0.29, 0.717) is 16.7 Å². The number of nitrogens with two attached hydrogens (primary N) is 1. The van der Waals surface area contributed by atoms with E-state index in [2.05, 4.69) is 0 Å². The number of phenolic OH excluding ortho intramolecular Hbond substituents is 1. The highest BCUT2D eigenvalue weighted by Crippen LogP contribution is 2.53. The summed E-state index contributed by atoms with van der Waals surface area (Å²) < 4.78 is 13.6. The smallest absolute Gasteiger partial charge is 0.255 e. The van der Waals surface area contributed by atoms with Gasteiger partial charge in [-0.3, -0.25) is 19.3 Å². The second-order valence-corrected chi connectivity index (χ2v) is 10.0. The Balaban J connectivity index is 1.78. The van der Waals surface area contributed by atoms with Crippen molar-refractivity contribution < 1.29 is 44.3 Å². The Morgan fingerprint density at radius 1 is 1.08 bits per heavy atom. The van der Waals surface area contributed by atoms with Crippen LogP contribution in [0.2, 0.25) is 0 Å². The van der Waals surface area contributed by atoms with E-state index in [0.717, 1.165) is 0 Å². The molecule has 0 aromatic heterocycles. The average molecular weight is 525 g/mol. The number of likely N-dealkylation sites (N-methyl/N-ethyl adjacent to an activating group) is 1. The summed E-state index contributed by atoms with van der Waals surface area (Å²) in [5, 5.41) is 56.0. The number of aliphatic hydroxyl groups excluding tert-OH is 3. The molecule has 11 heteroatoms. The van der Waals surface area contributed by atoms with Crippen LogP contribution in [-0.2, 0) is 20.8 Å². The van der Waals surface area contributed by atoms with Gasteiger partial charge in [-0.1, -0.05) is 18.2 Å². The first-order valence-corrected chi connectivity index (χ1v) is 11.8. The van der Waals surface area contributed by atoms with Gasteiger partial charge in [0.15, 0.2) is 11.4 Å². The van der Waals surface area contributed by atoms with Crippen molar-refractivity contribution in [1.29, 1.82) is 0 Å². The van der Waals surface area contributed by atoms with Gasteiger partial charge in [-0.2, -0.15) is 0 Å². The van der Waals surface area contributed by atoms with Crippen LogP contribution in [0.25, 0.3) is 16.9 Å². The number of nitrogens with zero attached hydrogens (tertiary/aromatic N) is 1. The quantitative estimate of drug-likeness (QED) is 0.316. The molecule has 3 aliphatic carbocycles. The van der Waals surface area contributed by atoms with Crippen LogP contribution in [-0.4, -0.2) is 79.7 Å². The number of amides is 1. The Bertz CT molecular complexity index is 1480. The second kappa shape index (κ2) is 8.48. The number of Topliss-reactive ketones (excluding diaryl/α,β-unsaturated/α-hetero) is 2. The molecule has 10 nitrogen and oxygen atoms in total. The zero-order chi connectivity index (χ0) is 27.8. The van der Waals surface area contributed by atoms with Gasteiger partial charge < -0.3 is 31.3 Å². The standard InChI is InChI=1S/C27H25FN2O8/c1-30(2)20-19-21(32)14-9-13-12(10-3-5-11(28)6-4-10)7-8-15(31)16(13)22(33)17(14)24(35)27(19,38)25(36)18(23(20)34)26(29)37/h3-8,14,19-21,31-33,36,38H,9H2,1-2H3,(H2,29,37)/t14-,19-,20+,21+,27+/m0/s1. The van der Waals surface area contributed by atoms with E-state index in [-0.39, 0.29) is 12.0 Å². The Hall–Kier alpha value is -4.06. The van der Waals surface area contributed by atoms with Gasteiger partial charge in [0.2, 0.25) is 5.78 Å². The molecule has 5 rings (SSSR count). The minimum atomic E-state index is -2.96. The summed E-state index contributed by atoms with van der Waals surface area (Å²) in [4.78, 5) is 40.4. The molecule has 1 fully saturated rings. The lowest BCUT2D eigenvalue weighted by Gasteiger charge is -2.52. The van der Waals surface area contributed by atoms with Gasteiger partial charge in [-0.25, -0.2) is 4.39 Å². The first-order valence-electron chi connectivity index (χ1n) is 11.8. The highest BCUT2D eigenvalue weighted by Gasteiger charge is 2.67. The number of hydrogen-bond donors (Lipinski definition) is 6. The van der Waals surface area contributed by atoms with E-state index in [4.69, 9.17) is 5.73 Å². The van der Waals surface area contributed by atoms with E-state index in [9.17, 15) is 44.3 Å². The van der Waals surface area contributed by atoms with Crippen LogP contribution in [0.4, 0.5) is 4.39 Å². The fourth-order valence-electron chi connectivity index (χ4n) is 6.16. The average Bonchev–Trinajstić information content (AvgIpc) is 2.84. The van der Waals surface area contributed by atoms with Crippen LogP contribution in [0.1, 0.15) is 11.1 Å². The number of fused-ring (bicyclic) bond motifs is 3. The van der Waals surface area contributed by atoms with Crippen molar-refractivity contribution in [2.75, 3.05) is 14.1 Å². The van der Waals surface area contributed by atoms with Gasteiger partial charge in [0, 0.05) is 11.5 Å². The summed E-state index contributed by atoms with van der Waals surface area (Å²) >= 11 is 0. The van der Waals surface area contributed by atoms with Crippen LogP contribution < -0.4 is 5.73 Å². The van der Waals surface area contributed by atoms with Crippen LogP contribution in [0.15, 0.2) is 53.3 Å². The molecule has 38 heavy (non-hydrogen) atoms. The molecule has 0 aliphatic heterocycles. The van der Waals surface area contributed by atoms with E-state index in [1.165, 1.54) is 49.3 Å². The monoisotopic (exact) mass is 524 g/mol. The third-order valence-corrected chi connectivity index (χ3v) is 7.84. The predicted octanol–water partition coefficient (Wildman–Crippen LogP) is 0.741. The van der Waals surface area contributed by atoms with Crippen LogP contribution in [0.5, 0.6) is 5.75 Å². The minimum absolute atomic E-state index is 0.114. The maximum absolute atomic E-state index is 13.9. The van der Waals surface area contributed by atoms with Gasteiger partial charge in [0.1, 0.15) is 28.7 Å². The molecule has 1 saturated carbocycles. The lowest BCUT2D eigenvalue weighted by molar-refractivity contribution is -0.168. The number of aliphatic hydroxyl groups is 4. The molecule has 5 atom stereocenters. The number of rotatable bonds is 3. The molecule has 0 heterocycles. The van der Waals surface area contributed by atoms with Crippen LogP contribution in [0, 0.1) is 17.7 Å². The number of carbonyl (C=O) groups excluding carboxylic acids is 3. The normalized spacial score (nSPS) is 28.8. The SMILES string of the molecule is CN(C)[C@H]1C(=O)C(C(N)=O)=C(O)[C@]2(O)C(=O)C3=C(O)c4c(O)ccc(-c5ccc(F)cc5)c4C[C@@H]3[C@@H](O)[C@H]12. The Morgan fingerprint density at radius 2 is 1.71 bits per heavy atom. The first kappa shape index (κ1) is 25.6. The molecule has 198 valence electrons. The number of aromatic hydroxyl groups is 1. The van der Waals surface area contributed by atoms with E-state index >= 15 is 0 Å². The molecular weight excluding hydrogens is 499 g/mol.